The molecule has 0 radical (unpaired) electrons. The molecule has 0 saturated heterocycles. The minimum Gasteiger partial charge on any atom is -0.478 e. The van der Waals surface area contributed by atoms with E-state index in [1.165, 1.54) is 6.07 Å². The van der Waals surface area contributed by atoms with Crippen LogP contribution in [0.4, 0.5) is 0 Å². The van der Waals surface area contributed by atoms with Gasteiger partial charge in [-0.1, -0.05) is 12.1 Å². The maximum Gasteiger partial charge on any atom is 0.338 e. The van der Waals surface area contributed by atoms with Crippen molar-refractivity contribution in [2.24, 2.45) is 0 Å². The van der Waals surface area contributed by atoms with Gasteiger partial charge in [0.1, 0.15) is 5.52 Å². The number of fused-ring (bicyclic) bond motifs is 2. The molecule has 3 aromatic rings. The second-order valence-corrected chi connectivity index (χ2v) is 4.39. The SMILES string of the molecule is O=C(O)c1cc(S)cc2nc3ccccc3nc12. The van der Waals surface area contributed by atoms with Crippen LogP contribution in [-0.2, 0) is 0 Å². The Morgan fingerprint density at radius 2 is 1.72 bits per heavy atom. The van der Waals surface area contributed by atoms with Crippen LogP contribution in [0.2, 0.25) is 0 Å². The van der Waals surface area contributed by atoms with E-state index in [1.807, 2.05) is 24.3 Å². The molecule has 88 valence electrons. The Morgan fingerprint density at radius 3 is 2.39 bits per heavy atom. The Bertz CT molecular complexity index is 786. The average molecular weight is 256 g/mol. The molecule has 0 unspecified atom stereocenters. The van der Waals surface area contributed by atoms with Crippen molar-refractivity contribution in [1.29, 1.82) is 0 Å². The zero-order valence-corrected chi connectivity index (χ0v) is 10.1. The molecule has 0 aliphatic heterocycles. The molecule has 4 nitrogen and oxygen atoms in total. The van der Waals surface area contributed by atoms with Crippen LogP contribution in [0.1, 0.15) is 10.4 Å². The number of aromatic nitrogens is 2. The van der Waals surface area contributed by atoms with E-state index in [0.717, 1.165) is 5.52 Å². The lowest BCUT2D eigenvalue weighted by Crippen LogP contribution is -2.00. The first-order chi connectivity index (χ1) is 8.65. The van der Waals surface area contributed by atoms with Gasteiger partial charge in [0.05, 0.1) is 22.1 Å². The van der Waals surface area contributed by atoms with E-state index >= 15 is 0 Å². The largest absolute Gasteiger partial charge is 0.478 e. The Labute approximate surface area is 108 Å². The second kappa shape index (κ2) is 3.96. The molecule has 0 atom stereocenters. The highest BCUT2D eigenvalue weighted by Crippen LogP contribution is 2.22. The molecule has 0 saturated carbocycles. The van der Waals surface area contributed by atoms with Crippen molar-refractivity contribution in [2.45, 2.75) is 4.90 Å². The van der Waals surface area contributed by atoms with E-state index in [2.05, 4.69) is 22.6 Å². The van der Waals surface area contributed by atoms with Gasteiger partial charge in [0.15, 0.2) is 0 Å². The lowest BCUT2D eigenvalue weighted by Gasteiger charge is -2.04. The summed E-state index contributed by atoms with van der Waals surface area (Å²) in [5.41, 5.74) is 2.47. The average Bonchev–Trinajstić information content (AvgIpc) is 2.35. The lowest BCUT2D eigenvalue weighted by atomic mass is 10.1. The molecule has 2 aromatic carbocycles. The van der Waals surface area contributed by atoms with Crippen LogP contribution < -0.4 is 0 Å². The zero-order chi connectivity index (χ0) is 12.7. The van der Waals surface area contributed by atoms with Crippen LogP contribution in [0.15, 0.2) is 41.3 Å². The Morgan fingerprint density at radius 1 is 1.06 bits per heavy atom. The number of hydrogen-bond acceptors (Lipinski definition) is 4. The third kappa shape index (κ3) is 1.69. The first-order valence-corrected chi connectivity index (χ1v) is 5.73. The van der Waals surface area contributed by atoms with Crippen molar-refractivity contribution in [2.75, 3.05) is 0 Å². The van der Waals surface area contributed by atoms with Crippen LogP contribution in [-0.4, -0.2) is 21.0 Å². The smallest absolute Gasteiger partial charge is 0.338 e. The highest BCUT2D eigenvalue weighted by molar-refractivity contribution is 7.80. The number of carbonyl (C=O) groups is 1. The summed E-state index contributed by atoms with van der Waals surface area (Å²) in [4.78, 5) is 20.5. The molecule has 0 aliphatic rings. The second-order valence-electron chi connectivity index (χ2n) is 3.88. The summed E-state index contributed by atoms with van der Waals surface area (Å²) in [6.07, 6.45) is 0. The summed E-state index contributed by atoms with van der Waals surface area (Å²) in [6.45, 7) is 0. The molecular weight excluding hydrogens is 248 g/mol. The molecule has 3 rings (SSSR count). The van der Waals surface area contributed by atoms with E-state index in [9.17, 15) is 9.90 Å². The van der Waals surface area contributed by atoms with Gasteiger partial charge in [0.2, 0.25) is 0 Å². The first-order valence-electron chi connectivity index (χ1n) is 5.28. The Hall–Kier alpha value is -2.14. The highest BCUT2D eigenvalue weighted by atomic mass is 32.1. The fraction of sp³-hybridized carbons (Fsp3) is 0. The number of hydrogen-bond donors (Lipinski definition) is 2. The summed E-state index contributed by atoms with van der Waals surface area (Å²) < 4.78 is 0. The fourth-order valence-corrected chi connectivity index (χ4v) is 2.12. The van der Waals surface area contributed by atoms with E-state index in [-0.39, 0.29) is 5.56 Å². The molecule has 0 spiro atoms. The summed E-state index contributed by atoms with van der Waals surface area (Å²) in [6, 6.07) is 10.6. The number of nitrogens with zero attached hydrogens (tertiary/aromatic N) is 2. The first kappa shape index (κ1) is 11.0. The molecule has 1 heterocycles. The summed E-state index contributed by atoms with van der Waals surface area (Å²) in [7, 11) is 0. The van der Waals surface area contributed by atoms with Crippen LogP contribution in [0.3, 0.4) is 0 Å². The number of rotatable bonds is 1. The molecule has 1 aromatic heterocycles. The molecule has 0 bridgehead atoms. The van der Waals surface area contributed by atoms with Crippen LogP contribution in [0.5, 0.6) is 0 Å². The van der Waals surface area contributed by atoms with Gasteiger partial charge >= 0.3 is 5.97 Å². The zero-order valence-electron chi connectivity index (χ0n) is 9.16. The molecule has 5 heteroatoms. The van der Waals surface area contributed by atoms with E-state index in [4.69, 9.17) is 0 Å². The lowest BCUT2D eigenvalue weighted by molar-refractivity contribution is 0.0698. The normalized spacial score (nSPS) is 10.9. The molecular formula is C13H8N2O2S. The van der Waals surface area contributed by atoms with Crippen molar-refractivity contribution in [1.82, 2.24) is 9.97 Å². The molecule has 0 fully saturated rings. The topological polar surface area (TPSA) is 63.1 Å². The molecule has 18 heavy (non-hydrogen) atoms. The monoisotopic (exact) mass is 256 g/mol. The van der Waals surface area contributed by atoms with Gasteiger partial charge < -0.3 is 5.11 Å². The van der Waals surface area contributed by atoms with Crippen LogP contribution in [0, 0.1) is 0 Å². The van der Waals surface area contributed by atoms with Gasteiger partial charge in [-0.2, -0.15) is 0 Å². The van der Waals surface area contributed by atoms with Crippen molar-refractivity contribution in [3.8, 4) is 0 Å². The van der Waals surface area contributed by atoms with E-state index < -0.39 is 5.97 Å². The highest BCUT2D eigenvalue weighted by Gasteiger charge is 2.12. The van der Waals surface area contributed by atoms with Crippen molar-refractivity contribution < 1.29 is 9.90 Å². The maximum atomic E-state index is 11.2. The fourth-order valence-electron chi connectivity index (χ4n) is 1.87. The molecule has 0 amide bonds. The number of carboxylic acids is 1. The quantitative estimate of drug-likeness (QED) is 0.519. The van der Waals surface area contributed by atoms with Crippen molar-refractivity contribution >= 4 is 40.7 Å². The number of carboxylic acid groups (broad SMARTS) is 1. The van der Waals surface area contributed by atoms with Gasteiger partial charge in [0.25, 0.3) is 0 Å². The minimum atomic E-state index is -1.03. The molecule has 0 aliphatic carbocycles. The minimum absolute atomic E-state index is 0.121. The number of aromatic carboxylic acids is 1. The van der Waals surface area contributed by atoms with Crippen LogP contribution in [0.25, 0.3) is 22.1 Å². The summed E-state index contributed by atoms with van der Waals surface area (Å²) in [5.74, 6) is -1.03. The van der Waals surface area contributed by atoms with Gasteiger partial charge in [-0.15, -0.1) is 12.6 Å². The van der Waals surface area contributed by atoms with Gasteiger partial charge in [0, 0.05) is 4.90 Å². The van der Waals surface area contributed by atoms with Crippen LogP contribution >= 0.6 is 12.6 Å². The predicted molar refractivity (Wildman–Crippen MR) is 71.3 cm³/mol. The van der Waals surface area contributed by atoms with Crippen molar-refractivity contribution in [3.63, 3.8) is 0 Å². The third-order valence-corrected chi connectivity index (χ3v) is 2.92. The Balaban J connectivity index is 2.49. The third-order valence-electron chi connectivity index (χ3n) is 2.66. The standard InChI is InChI=1S/C13H8N2O2S/c16-13(17)8-5-7(18)6-11-12(8)15-10-4-2-1-3-9(10)14-11/h1-6,18H,(H,16,17). The van der Waals surface area contributed by atoms with Gasteiger partial charge in [-0.05, 0) is 24.3 Å². The van der Waals surface area contributed by atoms with E-state index in [0.29, 0.717) is 21.4 Å². The Kier molecular flexibility index (Phi) is 2.41. The summed E-state index contributed by atoms with van der Waals surface area (Å²) in [5, 5.41) is 9.18. The van der Waals surface area contributed by atoms with Gasteiger partial charge in [-0.25, -0.2) is 14.8 Å². The summed E-state index contributed by atoms with van der Waals surface area (Å²) >= 11 is 4.19. The van der Waals surface area contributed by atoms with Crippen molar-refractivity contribution in [3.05, 3.63) is 42.0 Å². The molecule has 1 N–H and O–H groups in total. The predicted octanol–water partition coefficient (Wildman–Crippen LogP) is 2.77. The maximum absolute atomic E-state index is 11.2. The number of benzene rings is 2. The van der Waals surface area contributed by atoms with Gasteiger partial charge in [-0.3, -0.25) is 0 Å². The number of thiol groups is 1. The number of para-hydroxylation sites is 2. The van der Waals surface area contributed by atoms with E-state index in [1.54, 1.807) is 6.07 Å².